The molecule has 1 amide bonds. The second kappa shape index (κ2) is 6.64. The lowest BCUT2D eigenvalue weighted by molar-refractivity contribution is -0.126. The number of anilines is 1. The fraction of sp³-hybridized carbons (Fsp3) is 0.278. The first kappa shape index (κ1) is 16.3. The maximum absolute atomic E-state index is 12.6. The van der Waals surface area contributed by atoms with Crippen molar-refractivity contribution in [3.8, 4) is 0 Å². The van der Waals surface area contributed by atoms with Gasteiger partial charge in [-0.1, -0.05) is 0 Å². The van der Waals surface area contributed by atoms with E-state index in [1.165, 1.54) is 6.07 Å². The van der Waals surface area contributed by atoms with E-state index in [0.717, 1.165) is 6.42 Å². The minimum atomic E-state index is -1.13. The molecule has 0 saturated carbocycles. The number of hydrogen-bond acceptors (Lipinski definition) is 5. The first-order valence-corrected chi connectivity index (χ1v) is 8.27. The van der Waals surface area contributed by atoms with E-state index >= 15 is 0 Å². The molecule has 8 heteroatoms. The summed E-state index contributed by atoms with van der Waals surface area (Å²) in [6, 6.07) is 8.26. The van der Waals surface area contributed by atoms with Crippen molar-refractivity contribution >= 4 is 28.5 Å². The summed E-state index contributed by atoms with van der Waals surface area (Å²) < 4.78 is 12.6. The Hall–Kier alpha value is -3.13. The first-order chi connectivity index (χ1) is 12.6. The second-order valence-electron chi connectivity index (χ2n) is 6.23. The van der Waals surface area contributed by atoms with Gasteiger partial charge in [-0.2, -0.15) is 5.10 Å². The summed E-state index contributed by atoms with van der Waals surface area (Å²) in [4.78, 5) is 23.6. The number of furan rings is 1. The minimum absolute atomic E-state index is 0.0474. The molecule has 0 radical (unpaired) electrons. The predicted octanol–water partition coefficient (Wildman–Crippen LogP) is 2.37. The summed E-state index contributed by atoms with van der Waals surface area (Å²) >= 11 is 0. The molecule has 2 N–H and O–H groups in total. The van der Waals surface area contributed by atoms with Gasteiger partial charge in [-0.05, 0) is 36.8 Å². The maximum atomic E-state index is 12.6. The third-order valence-corrected chi connectivity index (χ3v) is 4.45. The van der Waals surface area contributed by atoms with Gasteiger partial charge < -0.3 is 19.6 Å². The van der Waals surface area contributed by atoms with Crippen LogP contribution in [-0.2, 0) is 16.1 Å². The maximum Gasteiger partial charge on any atom is 0.371 e. The summed E-state index contributed by atoms with van der Waals surface area (Å²) in [7, 11) is 0. The van der Waals surface area contributed by atoms with Crippen LogP contribution in [0.4, 0.5) is 5.69 Å². The molecule has 0 unspecified atom stereocenters. The third kappa shape index (κ3) is 3.18. The molecule has 2 atom stereocenters. The van der Waals surface area contributed by atoms with Crippen LogP contribution < -0.4 is 5.32 Å². The molecule has 0 aliphatic carbocycles. The molecule has 1 aliphatic rings. The number of carboxylic acids is 1. The van der Waals surface area contributed by atoms with E-state index in [2.05, 4.69) is 10.4 Å². The Morgan fingerprint density at radius 2 is 2.23 bits per heavy atom. The molecule has 3 aromatic rings. The molecular weight excluding hydrogens is 338 g/mol. The SMILES string of the molecule is O=C(O)c1cc2cc(NC(=O)[C@@H]3OCC[C@@H]3Cn3cccn3)ccc2o1. The number of nitrogens with one attached hydrogen (secondary N) is 1. The van der Waals surface area contributed by atoms with E-state index in [9.17, 15) is 9.59 Å². The van der Waals surface area contributed by atoms with E-state index in [1.54, 1.807) is 29.1 Å². The van der Waals surface area contributed by atoms with Gasteiger partial charge in [0.15, 0.2) is 0 Å². The molecule has 0 spiro atoms. The number of carbonyl (C=O) groups is 2. The number of carbonyl (C=O) groups excluding carboxylic acids is 1. The zero-order chi connectivity index (χ0) is 18.1. The summed E-state index contributed by atoms with van der Waals surface area (Å²) in [5, 5.41) is 16.6. The Bertz CT molecular complexity index is 947. The summed E-state index contributed by atoms with van der Waals surface area (Å²) in [5.74, 6) is -1.44. The van der Waals surface area contributed by atoms with Crippen LogP contribution in [0.5, 0.6) is 0 Å². The molecule has 3 heterocycles. The van der Waals surface area contributed by atoms with Crippen LogP contribution in [0.15, 0.2) is 47.1 Å². The molecule has 4 rings (SSSR count). The smallest absolute Gasteiger partial charge is 0.371 e. The number of nitrogens with zero attached hydrogens (tertiary/aromatic N) is 2. The summed E-state index contributed by atoms with van der Waals surface area (Å²) in [5.41, 5.74) is 1.02. The zero-order valence-electron chi connectivity index (χ0n) is 13.8. The highest BCUT2D eigenvalue weighted by Crippen LogP contribution is 2.26. The molecule has 134 valence electrons. The van der Waals surface area contributed by atoms with Gasteiger partial charge in [-0.3, -0.25) is 9.48 Å². The van der Waals surface area contributed by atoms with Gasteiger partial charge in [0, 0.05) is 42.5 Å². The number of amides is 1. The lowest BCUT2D eigenvalue weighted by atomic mass is 10.0. The van der Waals surface area contributed by atoms with E-state index in [0.29, 0.717) is 29.8 Å². The number of aromatic carboxylic acids is 1. The van der Waals surface area contributed by atoms with Crippen LogP contribution in [0, 0.1) is 5.92 Å². The average molecular weight is 355 g/mol. The number of ether oxygens (including phenoxy) is 1. The molecule has 2 aromatic heterocycles. The van der Waals surface area contributed by atoms with Crippen LogP contribution in [-0.4, -0.2) is 39.5 Å². The lowest BCUT2D eigenvalue weighted by Crippen LogP contribution is -2.34. The molecule has 26 heavy (non-hydrogen) atoms. The second-order valence-corrected chi connectivity index (χ2v) is 6.23. The van der Waals surface area contributed by atoms with Crippen LogP contribution in [0.3, 0.4) is 0 Å². The number of rotatable bonds is 5. The van der Waals surface area contributed by atoms with Crippen molar-refractivity contribution in [3.63, 3.8) is 0 Å². The monoisotopic (exact) mass is 355 g/mol. The Kier molecular flexibility index (Phi) is 4.18. The van der Waals surface area contributed by atoms with Gasteiger partial charge in [-0.25, -0.2) is 4.79 Å². The van der Waals surface area contributed by atoms with Gasteiger partial charge >= 0.3 is 5.97 Å². The Morgan fingerprint density at radius 1 is 1.35 bits per heavy atom. The molecule has 0 bridgehead atoms. The molecule has 1 fully saturated rings. The highest BCUT2D eigenvalue weighted by molar-refractivity contribution is 5.97. The summed E-state index contributed by atoms with van der Waals surface area (Å²) in [6.45, 7) is 1.15. The number of carboxylic acid groups (broad SMARTS) is 1. The Morgan fingerprint density at radius 3 is 3.00 bits per heavy atom. The van der Waals surface area contributed by atoms with Gasteiger partial charge in [0.1, 0.15) is 11.7 Å². The van der Waals surface area contributed by atoms with E-state index in [-0.39, 0.29) is 17.6 Å². The molecule has 1 aromatic carbocycles. The van der Waals surface area contributed by atoms with Crippen LogP contribution in [0.2, 0.25) is 0 Å². The highest BCUT2D eigenvalue weighted by atomic mass is 16.5. The van der Waals surface area contributed by atoms with Crippen LogP contribution in [0.1, 0.15) is 17.0 Å². The van der Waals surface area contributed by atoms with Crippen molar-refractivity contribution in [2.24, 2.45) is 5.92 Å². The molecule has 1 saturated heterocycles. The molecule has 1 aliphatic heterocycles. The van der Waals surface area contributed by atoms with Gasteiger partial charge in [-0.15, -0.1) is 0 Å². The van der Waals surface area contributed by atoms with Crippen molar-refractivity contribution in [3.05, 3.63) is 48.5 Å². The quantitative estimate of drug-likeness (QED) is 0.728. The van der Waals surface area contributed by atoms with Crippen molar-refractivity contribution in [1.82, 2.24) is 9.78 Å². The zero-order valence-corrected chi connectivity index (χ0v) is 13.8. The van der Waals surface area contributed by atoms with Crippen molar-refractivity contribution in [2.75, 3.05) is 11.9 Å². The fourth-order valence-corrected chi connectivity index (χ4v) is 3.20. The number of benzene rings is 1. The topological polar surface area (TPSA) is 107 Å². The van der Waals surface area contributed by atoms with Gasteiger partial charge in [0.25, 0.3) is 5.91 Å². The highest BCUT2D eigenvalue weighted by Gasteiger charge is 2.34. The minimum Gasteiger partial charge on any atom is -0.475 e. The fourth-order valence-electron chi connectivity index (χ4n) is 3.20. The standard InChI is InChI=1S/C18H17N3O5/c22-17(16-11(4-7-25-16)10-21-6-1-5-19-21)20-13-2-3-14-12(8-13)9-15(26-14)18(23)24/h1-3,5-6,8-9,11,16H,4,7,10H2,(H,20,22)(H,23,24)/t11-,16-/m1/s1. The van der Waals surface area contributed by atoms with E-state index in [1.807, 2.05) is 12.3 Å². The Balaban J connectivity index is 1.48. The lowest BCUT2D eigenvalue weighted by Gasteiger charge is -2.18. The molecular formula is C18H17N3O5. The predicted molar refractivity (Wildman–Crippen MR) is 91.9 cm³/mol. The van der Waals surface area contributed by atoms with Crippen molar-refractivity contribution in [2.45, 2.75) is 19.1 Å². The van der Waals surface area contributed by atoms with Crippen molar-refractivity contribution in [1.29, 1.82) is 0 Å². The van der Waals surface area contributed by atoms with Crippen molar-refractivity contribution < 1.29 is 23.8 Å². The van der Waals surface area contributed by atoms with E-state index in [4.69, 9.17) is 14.3 Å². The average Bonchev–Trinajstić information content (AvgIpc) is 3.34. The normalized spacial score (nSPS) is 19.7. The number of aromatic nitrogens is 2. The summed E-state index contributed by atoms with van der Waals surface area (Å²) in [6.07, 6.45) is 3.81. The van der Waals surface area contributed by atoms with Crippen LogP contribution in [0.25, 0.3) is 11.0 Å². The number of fused-ring (bicyclic) bond motifs is 1. The van der Waals surface area contributed by atoms with E-state index < -0.39 is 12.1 Å². The van der Waals surface area contributed by atoms with Gasteiger partial charge in [0.05, 0.1) is 0 Å². The van der Waals surface area contributed by atoms with Gasteiger partial charge in [0.2, 0.25) is 5.76 Å². The largest absolute Gasteiger partial charge is 0.475 e. The first-order valence-electron chi connectivity index (χ1n) is 8.27. The molecule has 8 nitrogen and oxygen atoms in total. The number of hydrogen-bond donors (Lipinski definition) is 2. The Labute approximate surface area is 148 Å². The van der Waals surface area contributed by atoms with Crippen LogP contribution >= 0.6 is 0 Å². The third-order valence-electron chi connectivity index (χ3n) is 4.45.